The molecule has 0 bridgehead atoms. The first-order valence-corrected chi connectivity index (χ1v) is 6.92. The smallest absolute Gasteiger partial charge is 0.00228 e. The molecule has 0 aliphatic carbocycles. The molecule has 3 aromatic rings. The van der Waals surface area contributed by atoms with E-state index in [0.717, 1.165) is 12.8 Å². The van der Waals surface area contributed by atoms with Crippen LogP contribution in [0.2, 0.25) is 0 Å². The molecule has 94 valence electrons. The van der Waals surface area contributed by atoms with Crippen LogP contribution < -0.4 is 0 Å². The summed E-state index contributed by atoms with van der Waals surface area (Å²) in [6, 6.07) is 23.9. The van der Waals surface area contributed by atoms with E-state index < -0.39 is 0 Å². The van der Waals surface area contributed by atoms with Gasteiger partial charge in [0.1, 0.15) is 0 Å². The minimum atomic E-state index is 1.02. The lowest BCUT2D eigenvalue weighted by Gasteiger charge is -2.12. The van der Waals surface area contributed by atoms with Crippen molar-refractivity contribution >= 4 is 10.8 Å². The van der Waals surface area contributed by atoms with Gasteiger partial charge in [-0.2, -0.15) is 0 Å². The first-order chi connectivity index (χ1) is 9.38. The molecule has 0 fully saturated rings. The van der Waals surface area contributed by atoms with Gasteiger partial charge in [0.05, 0.1) is 0 Å². The minimum absolute atomic E-state index is 1.02. The predicted octanol–water partition coefficient (Wildman–Crippen LogP) is 4.99. The summed E-state index contributed by atoms with van der Waals surface area (Å²) in [5.41, 5.74) is 4.32. The van der Waals surface area contributed by atoms with Gasteiger partial charge in [-0.25, -0.2) is 0 Å². The lowest BCUT2D eigenvalue weighted by Crippen LogP contribution is -1.96. The van der Waals surface area contributed by atoms with E-state index in [1.807, 2.05) is 0 Å². The average Bonchev–Trinajstić information content (AvgIpc) is 2.48. The van der Waals surface area contributed by atoms with Crippen molar-refractivity contribution in [2.45, 2.75) is 19.8 Å². The molecular formula is C19H18. The molecule has 0 amide bonds. The van der Waals surface area contributed by atoms with Gasteiger partial charge < -0.3 is 0 Å². The third kappa shape index (κ3) is 2.39. The van der Waals surface area contributed by atoms with Crippen LogP contribution in [0.5, 0.6) is 0 Å². The van der Waals surface area contributed by atoms with E-state index in [-0.39, 0.29) is 0 Å². The molecule has 0 heterocycles. The molecule has 3 rings (SSSR count). The van der Waals surface area contributed by atoms with Gasteiger partial charge in [0.25, 0.3) is 0 Å². The molecule has 0 saturated carbocycles. The molecule has 0 nitrogen and oxygen atoms in total. The SMILES string of the molecule is CCc1c(Cc2ccccc2)ccc2ccccc12. The van der Waals surface area contributed by atoms with Gasteiger partial charge in [-0.1, -0.05) is 73.7 Å². The van der Waals surface area contributed by atoms with E-state index in [2.05, 4.69) is 73.7 Å². The second-order valence-corrected chi connectivity index (χ2v) is 4.94. The topological polar surface area (TPSA) is 0 Å². The van der Waals surface area contributed by atoms with Gasteiger partial charge in [0.15, 0.2) is 0 Å². The van der Waals surface area contributed by atoms with E-state index in [0.29, 0.717) is 0 Å². The van der Waals surface area contributed by atoms with Crippen LogP contribution in [0.4, 0.5) is 0 Å². The molecule has 0 radical (unpaired) electrons. The Balaban J connectivity index is 2.08. The summed E-state index contributed by atoms with van der Waals surface area (Å²) in [7, 11) is 0. The second kappa shape index (κ2) is 5.27. The Morgan fingerprint density at radius 1 is 0.737 bits per heavy atom. The molecule has 0 aliphatic rings. The Hall–Kier alpha value is -2.08. The van der Waals surface area contributed by atoms with E-state index in [1.165, 1.54) is 27.5 Å². The molecule has 0 spiro atoms. The van der Waals surface area contributed by atoms with Crippen molar-refractivity contribution in [2.75, 3.05) is 0 Å². The fourth-order valence-electron chi connectivity index (χ4n) is 2.78. The minimum Gasteiger partial charge on any atom is -0.0622 e. The summed E-state index contributed by atoms with van der Waals surface area (Å²) in [5, 5.41) is 2.74. The van der Waals surface area contributed by atoms with Gasteiger partial charge in [-0.3, -0.25) is 0 Å². The first kappa shape index (κ1) is 12.0. The van der Waals surface area contributed by atoms with Crippen molar-refractivity contribution in [2.24, 2.45) is 0 Å². The van der Waals surface area contributed by atoms with Crippen molar-refractivity contribution in [1.29, 1.82) is 0 Å². The third-order valence-corrected chi connectivity index (χ3v) is 3.73. The Morgan fingerprint density at radius 3 is 2.26 bits per heavy atom. The van der Waals surface area contributed by atoms with E-state index in [1.54, 1.807) is 0 Å². The average molecular weight is 246 g/mol. The molecule has 19 heavy (non-hydrogen) atoms. The highest BCUT2D eigenvalue weighted by Gasteiger charge is 2.06. The summed E-state index contributed by atoms with van der Waals surface area (Å²) in [6.07, 6.45) is 2.11. The Labute approximate surface area is 114 Å². The van der Waals surface area contributed by atoms with E-state index in [9.17, 15) is 0 Å². The molecule has 0 unspecified atom stereocenters. The molecule has 0 N–H and O–H groups in total. The Bertz CT molecular complexity index is 681. The van der Waals surface area contributed by atoms with Gasteiger partial charge >= 0.3 is 0 Å². The Morgan fingerprint density at radius 2 is 1.47 bits per heavy atom. The van der Waals surface area contributed by atoms with Crippen LogP contribution in [0.1, 0.15) is 23.6 Å². The Kier molecular flexibility index (Phi) is 3.33. The number of fused-ring (bicyclic) bond motifs is 1. The second-order valence-electron chi connectivity index (χ2n) is 4.94. The number of rotatable bonds is 3. The first-order valence-electron chi connectivity index (χ1n) is 6.92. The van der Waals surface area contributed by atoms with Gasteiger partial charge in [0.2, 0.25) is 0 Å². The van der Waals surface area contributed by atoms with E-state index >= 15 is 0 Å². The van der Waals surface area contributed by atoms with Crippen molar-refractivity contribution in [1.82, 2.24) is 0 Å². The summed E-state index contributed by atoms with van der Waals surface area (Å²) < 4.78 is 0. The molecule has 0 saturated heterocycles. The van der Waals surface area contributed by atoms with Gasteiger partial charge in [-0.05, 0) is 40.3 Å². The van der Waals surface area contributed by atoms with Crippen LogP contribution in [-0.4, -0.2) is 0 Å². The fourth-order valence-corrected chi connectivity index (χ4v) is 2.78. The molecule has 0 aromatic heterocycles. The number of hydrogen-bond donors (Lipinski definition) is 0. The van der Waals surface area contributed by atoms with Crippen molar-refractivity contribution in [3.63, 3.8) is 0 Å². The van der Waals surface area contributed by atoms with Crippen LogP contribution in [0.25, 0.3) is 10.8 Å². The third-order valence-electron chi connectivity index (χ3n) is 3.73. The van der Waals surface area contributed by atoms with Crippen LogP contribution in [-0.2, 0) is 12.8 Å². The van der Waals surface area contributed by atoms with Crippen molar-refractivity contribution < 1.29 is 0 Å². The normalized spacial score (nSPS) is 10.8. The number of benzene rings is 3. The van der Waals surface area contributed by atoms with Crippen LogP contribution in [0.3, 0.4) is 0 Å². The molecule has 0 aliphatic heterocycles. The summed E-state index contributed by atoms with van der Waals surface area (Å²) in [4.78, 5) is 0. The number of aryl methyl sites for hydroxylation is 1. The number of hydrogen-bond acceptors (Lipinski definition) is 0. The zero-order valence-corrected chi connectivity index (χ0v) is 11.3. The summed E-state index contributed by atoms with van der Waals surface area (Å²) >= 11 is 0. The zero-order valence-electron chi connectivity index (χ0n) is 11.3. The summed E-state index contributed by atoms with van der Waals surface area (Å²) in [6.45, 7) is 2.25. The van der Waals surface area contributed by atoms with Crippen molar-refractivity contribution in [3.8, 4) is 0 Å². The van der Waals surface area contributed by atoms with E-state index in [4.69, 9.17) is 0 Å². The highest BCUT2D eigenvalue weighted by atomic mass is 14.1. The maximum Gasteiger partial charge on any atom is -0.00228 e. The molecule has 0 heteroatoms. The van der Waals surface area contributed by atoms with Gasteiger partial charge in [0, 0.05) is 0 Å². The predicted molar refractivity (Wildman–Crippen MR) is 82.6 cm³/mol. The highest BCUT2D eigenvalue weighted by Crippen LogP contribution is 2.25. The quantitative estimate of drug-likeness (QED) is 0.610. The highest BCUT2D eigenvalue weighted by molar-refractivity contribution is 5.86. The zero-order chi connectivity index (χ0) is 13.1. The van der Waals surface area contributed by atoms with Crippen LogP contribution in [0, 0.1) is 0 Å². The summed E-state index contributed by atoms with van der Waals surface area (Å²) in [5.74, 6) is 0. The van der Waals surface area contributed by atoms with Crippen LogP contribution >= 0.6 is 0 Å². The lowest BCUT2D eigenvalue weighted by atomic mass is 9.93. The van der Waals surface area contributed by atoms with Gasteiger partial charge in [-0.15, -0.1) is 0 Å². The fraction of sp³-hybridized carbons (Fsp3) is 0.158. The standard InChI is InChI=1S/C19H18/c1-2-18-17(14-15-8-4-3-5-9-15)13-12-16-10-6-7-11-19(16)18/h3-13H,2,14H2,1H3. The molecule has 0 atom stereocenters. The van der Waals surface area contributed by atoms with Crippen LogP contribution in [0.15, 0.2) is 66.7 Å². The largest absolute Gasteiger partial charge is 0.0622 e. The molecular weight excluding hydrogens is 228 g/mol. The monoisotopic (exact) mass is 246 g/mol. The lowest BCUT2D eigenvalue weighted by molar-refractivity contribution is 1.08. The maximum absolute atomic E-state index is 2.29. The van der Waals surface area contributed by atoms with Crippen molar-refractivity contribution in [3.05, 3.63) is 83.4 Å². The maximum atomic E-state index is 2.29. The molecule has 3 aromatic carbocycles.